The molecule has 0 aliphatic heterocycles. The molecule has 4 unspecified atom stereocenters. The Labute approximate surface area is 134 Å². The van der Waals surface area contributed by atoms with Gasteiger partial charge < -0.3 is 0 Å². The van der Waals surface area contributed by atoms with Gasteiger partial charge in [-0.05, 0) is 67.1 Å². The smallest absolute Gasteiger partial charge is 0.136 e. The van der Waals surface area contributed by atoms with Gasteiger partial charge in [-0.25, -0.2) is 0 Å². The summed E-state index contributed by atoms with van der Waals surface area (Å²) in [7, 11) is 0. The second kappa shape index (κ2) is 5.72. The first-order chi connectivity index (χ1) is 10.4. The molecule has 0 amide bonds. The van der Waals surface area contributed by atoms with E-state index in [-0.39, 0.29) is 16.7 Å². The van der Waals surface area contributed by atoms with Crippen molar-refractivity contribution in [2.24, 2.45) is 39.7 Å². The lowest BCUT2D eigenvalue weighted by Crippen LogP contribution is -2.50. The number of carbonyl (C=O) groups is 1. The van der Waals surface area contributed by atoms with E-state index in [1.54, 1.807) is 0 Å². The fourth-order valence-corrected chi connectivity index (χ4v) is 6.17. The van der Waals surface area contributed by atoms with Gasteiger partial charge in [0.1, 0.15) is 5.78 Å². The van der Waals surface area contributed by atoms with E-state index in [0.29, 0.717) is 30.1 Å². The Kier molecular flexibility index (Phi) is 4.20. The molecule has 0 bridgehead atoms. The van der Waals surface area contributed by atoms with E-state index in [9.17, 15) is 9.70 Å². The maximum atomic E-state index is 12.4. The first-order valence-electron chi connectivity index (χ1n) is 9.21. The van der Waals surface area contributed by atoms with Crippen LogP contribution in [0.15, 0.2) is 5.18 Å². The highest BCUT2D eigenvalue weighted by Crippen LogP contribution is 2.60. The lowest BCUT2D eigenvalue weighted by atomic mass is 9.48. The van der Waals surface area contributed by atoms with Gasteiger partial charge in [-0.2, -0.15) is 4.91 Å². The number of hydrogen-bond donors (Lipinski definition) is 0. The quantitative estimate of drug-likeness (QED) is 0.675. The number of rotatable bonds is 2. The molecular formula is C19H31NO2. The van der Waals surface area contributed by atoms with Crippen LogP contribution in [0.4, 0.5) is 0 Å². The van der Waals surface area contributed by atoms with Gasteiger partial charge in [-0.3, -0.25) is 4.79 Å². The van der Waals surface area contributed by atoms with Crippen LogP contribution in [-0.2, 0) is 4.79 Å². The summed E-state index contributed by atoms with van der Waals surface area (Å²) in [5.41, 5.74) is 0.309. The standard InChI is InChI=1S/C19H31NO2/c1-13-6-7-15-14-5-4-9-19(3,12-20-22)16(14)8-10-18(15,2)11-17(13)21/h13-16H,4-12H2,1-3H3/t13?,14?,15?,16?,18-,19+/m1/s1. The Balaban J connectivity index is 1.88. The molecule has 3 fully saturated rings. The van der Waals surface area contributed by atoms with E-state index < -0.39 is 0 Å². The highest BCUT2D eigenvalue weighted by Gasteiger charge is 2.54. The highest BCUT2D eigenvalue weighted by molar-refractivity contribution is 5.81. The summed E-state index contributed by atoms with van der Waals surface area (Å²) in [6.07, 6.45) is 9.06. The molecule has 6 atom stereocenters. The molecule has 0 aromatic carbocycles. The van der Waals surface area contributed by atoms with Crippen molar-refractivity contribution >= 4 is 5.78 Å². The number of ketones is 1. The molecule has 3 rings (SSSR count). The van der Waals surface area contributed by atoms with Crippen LogP contribution in [0.5, 0.6) is 0 Å². The van der Waals surface area contributed by atoms with Crippen molar-refractivity contribution in [3.8, 4) is 0 Å². The molecule has 0 saturated heterocycles. The number of hydrogen-bond acceptors (Lipinski definition) is 3. The summed E-state index contributed by atoms with van der Waals surface area (Å²) in [5.74, 6) is 2.74. The number of Topliss-reactive ketones (excluding diaryl/α,β-unsaturated/α-hetero) is 1. The molecule has 0 radical (unpaired) electrons. The molecule has 0 aromatic heterocycles. The van der Waals surface area contributed by atoms with Crippen LogP contribution in [0.3, 0.4) is 0 Å². The molecular weight excluding hydrogens is 274 g/mol. The van der Waals surface area contributed by atoms with Crippen molar-refractivity contribution < 1.29 is 4.79 Å². The predicted octanol–water partition coefficient (Wildman–Crippen LogP) is 4.98. The molecule has 0 heterocycles. The van der Waals surface area contributed by atoms with Crippen LogP contribution in [0.2, 0.25) is 0 Å². The lowest BCUT2D eigenvalue weighted by molar-refractivity contribution is -0.126. The van der Waals surface area contributed by atoms with Gasteiger partial charge in [-0.15, -0.1) is 0 Å². The summed E-state index contributed by atoms with van der Waals surface area (Å²) in [6, 6.07) is 0. The van der Waals surface area contributed by atoms with Crippen LogP contribution < -0.4 is 0 Å². The van der Waals surface area contributed by atoms with Crippen molar-refractivity contribution in [1.82, 2.24) is 0 Å². The Morgan fingerprint density at radius 3 is 2.59 bits per heavy atom. The molecule has 0 aromatic rings. The fourth-order valence-electron chi connectivity index (χ4n) is 6.17. The van der Waals surface area contributed by atoms with Gasteiger partial charge >= 0.3 is 0 Å². The predicted molar refractivity (Wildman–Crippen MR) is 88.5 cm³/mol. The zero-order valence-corrected chi connectivity index (χ0v) is 14.4. The molecule has 124 valence electrons. The average molecular weight is 305 g/mol. The number of nitroso groups, excluding NO2 is 1. The van der Waals surface area contributed by atoms with E-state index >= 15 is 0 Å². The van der Waals surface area contributed by atoms with E-state index in [1.807, 2.05) is 0 Å². The zero-order valence-electron chi connectivity index (χ0n) is 14.4. The van der Waals surface area contributed by atoms with Crippen LogP contribution >= 0.6 is 0 Å². The minimum atomic E-state index is 0.105. The van der Waals surface area contributed by atoms with Crippen molar-refractivity contribution in [2.75, 3.05) is 6.54 Å². The Hall–Kier alpha value is -0.730. The van der Waals surface area contributed by atoms with Crippen LogP contribution in [0.1, 0.15) is 72.1 Å². The summed E-state index contributed by atoms with van der Waals surface area (Å²) >= 11 is 0. The number of nitrogens with zero attached hydrogens (tertiary/aromatic N) is 1. The maximum Gasteiger partial charge on any atom is 0.136 e. The third-order valence-electron chi connectivity index (χ3n) is 7.60. The van der Waals surface area contributed by atoms with Crippen molar-refractivity contribution in [3.05, 3.63) is 4.91 Å². The SMILES string of the molecule is CC1CCC2C3CCC[C@@](C)(CN=O)C3CC[C@]2(C)CC1=O. The first-order valence-corrected chi connectivity index (χ1v) is 9.21. The zero-order chi connectivity index (χ0) is 16.0. The third kappa shape index (κ3) is 2.55. The second-order valence-electron chi connectivity index (χ2n) is 9.02. The summed E-state index contributed by atoms with van der Waals surface area (Å²) < 4.78 is 0. The van der Waals surface area contributed by atoms with Crippen molar-refractivity contribution in [1.29, 1.82) is 0 Å². The van der Waals surface area contributed by atoms with Gasteiger partial charge in [0, 0.05) is 12.3 Å². The van der Waals surface area contributed by atoms with E-state index in [4.69, 9.17) is 0 Å². The summed E-state index contributed by atoms with van der Waals surface area (Å²) in [5, 5.41) is 3.28. The summed E-state index contributed by atoms with van der Waals surface area (Å²) in [4.78, 5) is 23.4. The van der Waals surface area contributed by atoms with Gasteiger partial charge in [0.15, 0.2) is 0 Å². The Morgan fingerprint density at radius 1 is 1.09 bits per heavy atom. The number of fused-ring (bicyclic) bond motifs is 3. The van der Waals surface area contributed by atoms with Gasteiger partial charge in [-0.1, -0.05) is 32.4 Å². The minimum Gasteiger partial charge on any atom is -0.299 e. The maximum absolute atomic E-state index is 12.4. The lowest BCUT2D eigenvalue weighted by Gasteiger charge is -2.56. The van der Waals surface area contributed by atoms with E-state index in [0.717, 1.165) is 25.7 Å². The first kappa shape index (κ1) is 16.1. The highest BCUT2D eigenvalue weighted by atomic mass is 16.3. The van der Waals surface area contributed by atoms with Crippen molar-refractivity contribution in [3.63, 3.8) is 0 Å². The molecule has 0 N–H and O–H groups in total. The Morgan fingerprint density at radius 2 is 1.86 bits per heavy atom. The largest absolute Gasteiger partial charge is 0.299 e. The van der Waals surface area contributed by atoms with Crippen LogP contribution in [0.25, 0.3) is 0 Å². The van der Waals surface area contributed by atoms with Gasteiger partial charge in [0.25, 0.3) is 0 Å². The Bertz CT molecular complexity index is 462. The number of carbonyl (C=O) groups excluding carboxylic acids is 1. The average Bonchev–Trinajstić information content (AvgIpc) is 2.56. The molecule has 3 heteroatoms. The third-order valence-corrected chi connectivity index (χ3v) is 7.60. The molecule has 3 saturated carbocycles. The van der Waals surface area contributed by atoms with Crippen molar-refractivity contribution in [2.45, 2.75) is 72.1 Å². The molecule has 22 heavy (non-hydrogen) atoms. The van der Waals surface area contributed by atoms with Crippen LogP contribution in [0, 0.1) is 39.4 Å². The van der Waals surface area contributed by atoms with E-state index in [2.05, 4.69) is 25.9 Å². The van der Waals surface area contributed by atoms with Gasteiger partial charge in [0.05, 0.1) is 6.54 Å². The molecule has 0 spiro atoms. The van der Waals surface area contributed by atoms with Gasteiger partial charge in [0.2, 0.25) is 0 Å². The van der Waals surface area contributed by atoms with Crippen LogP contribution in [-0.4, -0.2) is 12.3 Å². The normalized spacial score (nSPS) is 49.0. The fraction of sp³-hybridized carbons (Fsp3) is 0.947. The topological polar surface area (TPSA) is 46.5 Å². The molecule has 3 nitrogen and oxygen atoms in total. The monoisotopic (exact) mass is 305 g/mol. The summed E-state index contributed by atoms with van der Waals surface area (Å²) in [6.45, 7) is 7.25. The second-order valence-corrected chi connectivity index (χ2v) is 9.02. The molecule has 3 aliphatic carbocycles. The minimum absolute atomic E-state index is 0.105. The van der Waals surface area contributed by atoms with E-state index in [1.165, 1.54) is 25.7 Å². The molecule has 3 aliphatic rings.